The van der Waals surface area contributed by atoms with Gasteiger partial charge in [0.15, 0.2) is 0 Å². The number of aryl methyl sites for hydroxylation is 2. The molecule has 1 fully saturated rings. The molecule has 0 radical (unpaired) electrons. The van der Waals surface area contributed by atoms with Gasteiger partial charge in [-0.05, 0) is 26.0 Å². The molecule has 0 spiro atoms. The molecule has 6 nitrogen and oxygen atoms in total. The first-order chi connectivity index (χ1) is 13.6. The Morgan fingerprint density at radius 1 is 1.00 bits per heavy atom. The van der Waals surface area contributed by atoms with E-state index in [1.165, 1.54) is 5.56 Å². The van der Waals surface area contributed by atoms with Crippen LogP contribution in [-0.4, -0.2) is 52.0 Å². The van der Waals surface area contributed by atoms with Gasteiger partial charge in [-0.25, -0.2) is 0 Å². The Bertz CT molecular complexity index is 957. The van der Waals surface area contributed by atoms with E-state index in [4.69, 9.17) is 4.52 Å². The number of rotatable bonds is 4. The van der Waals surface area contributed by atoms with E-state index in [9.17, 15) is 4.79 Å². The van der Waals surface area contributed by atoms with Gasteiger partial charge in [0.25, 0.3) is 5.91 Å². The van der Waals surface area contributed by atoms with Gasteiger partial charge in [-0.3, -0.25) is 9.69 Å². The highest BCUT2D eigenvalue weighted by Gasteiger charge is 2.23. The minimum Gasteiger partial charge on any atom is -0.338 e. The van der Waals surface area contributed by atoms with E-state index >= 15 is 0 Å². The van der Waals surface area contributed by atoms with E-state index in [1.54, 1.807) is 0 Å². The zero-order valence-electron chi connectivity index (χ0n) is 16.3. The Morgan fingerprint density at radius 3 is 2.46 bits per heavy atom. The second-order valence-electron chi connectivity index (χ2n) is 7.32. The maximum Gasteiger partial charge on any atom is 0.253 e. The molecule has 1 aromatic heterocycles. The van der Waals surface area contributed by atoms with E-state index < -0.39 is 0 Å². The van der Waals surface area contributed by atoms with Crippen molar-refractivity contribution in [2.75, 3.05) is 26.2 Å². The molecular formula is C22H24N4O2. The molecular weight excluding hydrogens is 352 g/mol. The maximum absolute atomic E-state index is 12.7. The van der Waals surface area contributed by atoms with E-state index in [0.29, 0.717) is 31.3 Å². The number of hydrogen-bond acceptors (Lipinski definition) is 5. The lowest BCUT2D eigenvalue weighted by atomic mass is 10.1. The van der Waals surface area contributed by atoms with Crippen LogP contribution >= 0.6 is 0 Å². The number of piperazine rings is 1. The van der Waals surface area contributed by atoms with Crippen LogP contribution in [0.1, 0.15) is 27.4 Å². The van der Waals surface area contributed by atoms with Gasteiger partial charge in [0.1, 0.15) is 0 Å². The number of aromatic nitrogens is 2. The minimum atomic E-state index is 0.0998. The summed E-state index contributed by atoms with van der Waals surface area (Å²) in [5.74, 6) is 1.32. The van der Waals surface area contributed by atoms with Crippen LogP contribution in [0, 0.1) is 13.8 Å². The summed E-state index contributed by atoms with van der Waals surface area (Å²) in [6, 6.07) is 15.8. The zero-order valence-corrected chi connectivity index (χ0v) is 16.3. The van der Waals surface area contributed by atoms with Gasteiger partial charge < -0.3 is 9.42 Å². The van der Waals surface area contributed by atoms with Crippen LogP contribution in [0.25, 0.3) is 11.4 Å². The molecule has 2 heterocycles. The van der Waals surface area contributed by atoms with E-state index in [1.807, 2.05) is 60.4 Å². The molecule has 6 heteroatoms. The lowest BCUT2D eigenvalue weighted by molar-refractivity contribution is 0.0615. The SMILES string of the molecule is Cc1ccc(-c2noc(CN3CCN(C(=O)c4cccc(C)c4)CC3)n2)cc1. The van der Waals surface area contributed by atoms with Crippen molar-refractivity contribution in [1.82, 2.24) is 19.9 Å². The Hall–Kier alpha value is -2.99. The van der Waals surface area contributed by atoms with Crippen LogP contribution in [0.3, 0.4) is 0 Å². The lowest BCUT2D eigenvalue weighted by Gasteiger charge is -2.34. The summed E-state index contributed by atoms with van der Waals surface area (Å²) in [5, 5.41) is 4.10. The molecule has 0 bridgehead atoms. The predicted molar refractivity (Wildman–Crippen MR) is 107 cm³/mol. The van der Waals surface area contributed by atoms with E-state index in [0.717, 1.165) is 29.8 Å². The molecule has 0 N–H and O–H groups in total. The molecule has 0 aliphatic carbocycles. The van der Waals surface area contributed by atoms with Gasteiger partial charge in [0.05, 0.1) is 6.54 Å². The Labute approximate surface area is 164 Å². The first kappa shape index (κ1) is 18.4. The third-order valence-corrected chi connectivity index (χ3v) is 5.06. The third-order valence-electron chi connectivity index (χ3n) is 5.06. The fourth-order valence-corrected chi connectivity index (χ4v) is 3.40. The number of hydrogen-bond donors (Lipinski definition) is 0. The van der Waals surface area contributed by atoms with Gasteiger partial charge in [-0.15, -0.1) is 0 Å². The topological polar surface area (TPSA) is 62.5 Å². The molecule has 1 amide bonds. The summed E-state index contributed by atoms with van der Waals surface area (Å²) in [6.45, 7) is 7.64. The smallest absolute Gasteiger partial charge is 0.253 e. The highest BCUT2D eigenvalue weighted by molar-refractivity contribution is 5.94. The number of carbonyl (C=O) groups excluding carboxylic acids is 1. The quantitative estimate of drug-likeness (QED) is 0.699. The monoisotopic (exact) mass is 376 g/mol. The normalized spacial score (nSPS) is 15.0. The molecule has 1 saturated heterocycles. The lowest BCUT2D eigenvalue weighted by Crippen LogP contribution is -2.48. The number of nitrogens with zero attached hydrogens (tertiary/aromatic N) is 4. The van der Waals surface area contributed by atoms with Crippen LogP contribution in [0.5, 0.6) is 0 Å². The first-order valence-corrected chi connectivity index (χ1v) is 9.56. The third kappa shape index (κ3) is 4.12. The molecule has 28 heavy (non-hydrogen) atoms. The molecule has 0 saturated carbocycles. The van der Waals surface area contributed by atoms with Crippen LogP contribution < -0.4 is 0 Å². The first-order valence-electron chi connectivity index (χ1n) is 9.56. The summed E-state index contributed by atoms with van der Waals surface area (Å²) < 4.78 is 5.43. The second-order valence-corrected chi connectivity index (χ2v) is 7.32. The van der Waals surface area contributed by atoms with E-state index in [2.05, 4.69) is 22.0 Å². The summed E-state index contributed by atoms with van der Waals surface area (Å²) in [6.07, 6.45) is 0. The number of carbonyl (C=O) groups is 1. The van der Waals surface area contributed by atoms with E-state index in [-0.39, 0.29) is 5.91 Å². The standard InChI is InChI=1S/C22H24N4O2/c1-16-6-8-18(9-7-16)21-23-20(28-24-21)15-25-10-12-26(13-11-25)22(27)19-5-3-4-17(2)14-19/h3-9,14H,10-13,15H2,1-2H3. The average Bonchev–Trinajstić information content (AvgIpc) is 3.17. The van der Waals surface area contributed by atoms with Crippen molar-refractivity contribution in [2.45, 2.75) is 20.4 Å². The molecule has 0 atom stereocenters. The van der Waals surface area contributed by atoms with Crippen LogP contribution in [0.15, 0.2) is 53.1 Å². The average molecular weight is 376 g/mol. The van der Waals surface area contributed by atoms with Crippen LogP contribution in [0.2, 0.25) is 0 Å². The molecule has 1 aliphatic rings. The van der Waals surface area contributed by atoms with Crippen LogP contribution in [0.4, 0.5) is 0 Å². The van der Waals surface area contributed by atoms with Gasteiger partial charge in [0.2, 0.25) is 11.7 Å². The van der Waals surface area contributed by atoms with Crippen molar-refractivity contribution in [3.05, 3.63) is 71.1 Å². The molecule has 2 aromatic carbocycles. The van der Waals surface area contributed by atoms with Crippen molar-refractivity contribution < 1.29 is 9.32 Å². The summed E-state index contributed by atoms with van der Waals surface area (Å²) in [5.41, 5.74) is 4.01. The van der Waals surface area contributed by atoms with Gasteiger partial charge in [-0.1, -0.05) is 52.7 Å². The fraction of sp³-hybridized carbons (Fsp3) is 0.318. The Morgan fingerprint density at radius 2 is 1.75 bits per heavy atom. The van der Waals surface area contributed by atoms with Crippen molar-refractivity contribution in [1.29, 1.82) is 0 Å². The largest absolute Gasteiger partial charge is 0.338 e. The zero-order chi connectivity index (χ0) is 19.5. The molecule has 144 valence electrons. The van der Waals surface area contributed by atoms with Gasteiger partial charge in [-0.2, -0.15) is 4.98 Å². The van der Waals surface area contributed by atoms with Gasteiger partial charge >= 0.3 is 0 Å². The minimum absolute atomic E-state index is 0.0998. The predicted octanol–water partition coefficient (Wildman–Crippen LogP) is 3.31. The van der Waals surface area contributed by atoms with Gasteiger partial charge in [0, 0.05) is 37.3 Å². The van der Waals surface area contributed by atoms with Crippen molar-refractivity contribution in [3.8, 4) is 11.4 Å². The number of benzene rings is 2. The Kier molecular flexibility index (Phi) is 5.21. The molecule has 0 unspecified atom stereocenters. The van der Waals surface area contributed by atoms with Crippen molar-refractivity contribution >= 4 is 5.91 Å². The molecule has 4 rings (SSSR count). The van der Waals surface area contributed by atoms with Crippen LogP contribution in [-0.2, 0) is 6.54 Å². The highest BCUT2D eigenvalue weighted by Crippen LogP contribution is 2.18. The van der Waals surface area contributed by atoms with Crippen molar-refractivity contribution in [2.24, 2.45) is 0 Å². The number of amides is 1. The highest BCUT2D eigenvalue weighted by atomic mass is 16.5. The second kappa shape index (κ2) is 7.94. The van der Waals surface area contributed by atoms with Crippen molar-refractivity contribution in [3.63, 3.8) is 0 Å². The summed E-state index contributed by atoms with van der Waals surface area (Å²) >= 11 is 0. The maximum atomic E-state index is 12.7. The summed E-state index contributed by atoms with van der Waals surface area (Å²) in [4.78, 5) is 21.3. The Balaban J connectivity index is 1.33. The fourth-order valence-electron chi connectivity index (χ4n) is 3.40. The molecule has 1 aliphatic heterocycles. The molecule has 3 aromatic rings. The summed E-state index contributed by atoms with van der Waals surface area (Å²) in [7, 11) is 0.